The lowest BCUT2D eigenvalue weighted by Crippen LogP contribution is -2.40. The molecule has 25 heavy (non-hydrogen) atoms. The van der Waals surface area contributed by atoms with Gasteiger partial charge in [0.05, 0.1) is 0 Å². The minimum absolute atomic E-state index is 0.0619. The highest BCUT2D eigenvalue weighted by atomic mass is 19.1. The number of carbonyl (C=O) groups is 3. The van der Waals surface area contributed by atoms with E-state index in [9.17, 15) is 18.8 Å². The standard InChI is InChI=1S/C17H21FN2O5/c1-17(2)15(22)20(16(23)19-17)9-3-4-14(21)25-11-10-24-13-7-5-12(18)6-8-13/h5-8H,3-4,9-11H2,1-2H3,(H,19,23). The lowest BCUT2D eigenvalue weighted by atomic mass is 10.1. The second-order valence-electron chi connectivity index (χ2n) is 6.14. The number of rotatable bonds is 8. The Morgan fingerprint density at radius 2 is 1.88 bits per heavy atom. The molecule has 2 rings (SSSR count). The van der Waals surface area contributed by atoms with Gasteiger partial charge >= 0.3 is 12.0 Å². The number of esters is 1. The van der Waals surface area contributed by atoms with Crippen molar-refractivity contribution in [3.63, 3.8) is 0 Å². The molecular formula is C17H21FN2O5. The van der Waals surface area contributed by atoms with Crippen molar-refractivity contribution in [2.45, 2.75) is 32.2 Å². The molecule has 7 nitrogen and oxygen atoms in total. The molecule has 8 heteroatoms. The Balaban J connectivity index is 1.60. The summed E-state index contributed by atoms with van der Waals surface area (Å²) in [6.07, 6.45) is 0.418. The van der Waals surface area contributed by atoms with E-state index in [0.717, 1.165) is 4.90 Å². The maximum atomic E-state index is 12.7. The van der Waals surface area contributed by atoms with Crippen molar-refractivity contribution >= 4 is 17.9 Å². The van der Waals surface area contributed by atoms with Gasteiger partial charge in [-0.2, -0.15) is 0 Å². The topological polar surface area (TPSA) is 84.9 Å². The first kappa shape index (κ1) is 18.7. The van der Waals surface area contributed by atoms with Gasteiger partial charge in [-0.15, -0.1) is 0 Å². The van der Waals surface area contributed by atoms with E-state index in [0.29, 0.717) is 12.2 Å². The van der Waals surface area contributed by atoms with Crippen LogP contribution in [0.3, 0.4) is 0 Å². The molecular weight excluding hydrogens is 331 g/mol. The monoisotopic (exact) mass is 352 g/mol. The molecule has 0 unspecified atom stereocenters. The van der Waals surface area contributed by atoms with Crippen molar-refractivity contribution in [1.29, 1.82) is 0 Å². The summed E-state index contributed by atoms with van der Waals surface area (Å²) in [6, 6.07) is 5.07. The van der Waals surface area contributed by atoms with E-state index >= 15 is 0 Å². The van der Waals surface area contributed by atoms with Gasteiger partial charge in [0.2, 0.25) is 0 Å². The first-order valence-corrected chi connectivity index (χ1v) is 7.98. The third kappa shape index (κ3) is 5.17. The molecule has 1 aromatic rings. The maximum absolute atomic E-state index is 12.7. The van der Waals surface area contributed by atoms with E-state index in [1.807, 2.05) is 0 Å². The summed E-state index contributed by atoms with van der Waals surface area (Å²) in [5.41, 5.74) is -0.907. The van der Waals surface area contributed by atoms with Crippen LogP contribution < -0.4 is 10.1 Å². The van der Waals surface area contributed by atoms with Gasteiger partial charge in [0.25, 0.3) is 5.91 Å². The van der Waals surface area contributed by atoms with Gasteiger partial charge in [0.15, 0.2) is 0 Å². The van der Waals surface area contributed by atoms with Crippen molar-refractivity contribution in [1.82, 2.24) is 10.2 Å². The van der Waals surface area contributed by atoms with Gasteiger partial charge in [-0.1, -0.05) is 0 Å². The lowest BCUT2D eigenvalue weighted by molar-refractivity contribution is -0.144. The summed E-state index contributed by atoms with van der Waals surface area (Å²) in [6.45, 7) is 3.63. The van der Waals surface area contributed by atoms with Crippen LogP contribution in [0.4, 0.5) is 9.18 Å². The van der Waals surface area contributed by atoms with Crippen LogP contribution in [0.25, 0.3) is 0 Å². The van der Waals surface area contributed by atoms with Crippen LogP contribution in [-0.4, -0.2) is 48.1 Å². The Bertz CT molecular complexity index is 645. The highest BCUT2D eigenvalue weighted by molar-refractivity contribution is 6.06. The first-order chi connectivity index (χ1) is 11.8. The molecule has 0 saturated carbocycles. The summed E-state index contributed by atoms with van der Waals surface area (Å²) in [5.74, 6) is -0.612. The SMILES string of the molecule is CC1(C)NC(=O)N(CCCC(=O)OCCOc2ccc(F)cc2)C1=O. The minimum atomic E-state index is -0.907. The fourth-order valence-corrected chi connectivity index (χ4v) is 2.32. The van der Waals surface area contributed by atoms with Crippen molar-refractivity contribution in [2.75, 3.05) is 19.8 Å². The highest BCUT2D eigenvalue weighted by Gasteiger charge is 2.43. The quantitative estimate of drug-likeness (QED) is 0.438. The van der Waals surface area contributed by atoms with Gasteiger partial charge in [-0.05, 0) is 44.5 Å². The van der Waals surface area contributed by atoms with Crippen LogP contribution in [-0.2, 0) is 14.3 Å². The van der Waals surface area contributed by atoms with Crippen LogP contribution in [0.1, 0.15) is 26.7 Å². The molecule has 1 aliphatic rings. The van der Waals surface area contributed by atoms with Crippen LogP contribution >= 0.6 is 0 Å². The number of halogens is 1. The van der Waals surface area contributed by atoms with Crippen molar-refractivity contribution in [2.24, 2.45) is 0 Å². The summed E-state index contributed by atoms with van der Waals surface area (Å²) >= 11 is 0. The average molecular weight is 352 g/mol. The third-order valence-corrected chi connectivity index (χ3v) is 3.64. The molecule has 1 aliphatic heterocycles. The number of hydrogen-bond donors (Lipinski definition) is 1. The fourth-order valence-electron chi connectivity index (χ4n) is 2.32. The number of hydrogen-bond acceptors (Lipinski definition) is 5. The van der Waals surface area contributed by atoms with E-state index in [1.54, 1.807) is 13.8 Å². The Labute approximate surface area is 145 Å². The number of ether oxygens (including phenoxy) is 2. The second-order valence-corrected chi connectivity index (χ2v) is 6.14. The summed E-state index contributed by atoms with van der Waals surface area (Å²) in [5, 5.41) is 2.57. The molecule has 0 radical (unpaired) electrons. The second kappa shape index (κ2) is 7.96. The first-order valence-electron chi connectivity index (χ1n) is 7.98. The zero-order valence-corrected chi connectivity index (χ0v) is 14.2. The Kier molecular flexibility index (Phi) is 5.95. The zero-order valence-electron chi connectivity index (χ0n) is 14.2. The van der Waals surface area contributed by atoms with E-state index in [2.05, 4.69) is 5.32 Å². The van der Waals surface area contributed by atoms with Gasteiger partial charge in [-0.3, -0.25) is 14.5 Å². The normalized spacial score (nSPS) is 15.9. The molecule has 0 spiro atoms. The zero-order chi connectivity index (χ0) is 18.4. The maximum Gasteiger partial charge on any atom is 0.325 e. The number of nitrogens with one attached hydrogen (secondary N) is 1. The van der Waals surface area contributed by atoms with Gasteiger partial charge in [0.1, 0.15) is 30.3 Å². The number of amides is 3. The molecule has 0 bridgehead atoms. The Morgan fingerprint density at radius 3 is 2.48 bits per heavy atom. The van der Waals surface area contributed by atoms with Gasteiger partial charge < -0.3 is 14.8 Å². The summed E-state index contributed by atoms with van der Waals surface area (Å²) in [4.78, 5) is 36.4. The number of urea groups is 1. The largest absolute Gasteiger partial charge is 0.490 e. The molecule has 136 valence electrons. The number of imide groups is 1. The minimum Gasteiger partial charge on any atom is -0.490 e. The van der Waals surface area contributed by atoms with Crippen molar-refractivity contribution in [3.05, 3.63) is 30.1 Å². The van der Waals surface area contributed by atoms with Crippen LogP contribution in [0.2, 0.25) is 0 Å². The van der Waals surface area contributed by atoms with E-state index < -0.39 is 17.5 Å². The molecule has 1 N–H and O–H groups in total. The fraction of sp³-hybridized carbons (Fsp3) is 0.471. The molecule has 0 atom stereocenters. The Hall–Kier alpha value is -2.64. The van der Waals surface area contributed by atoms with Gasteiger partial charge in [-0.25, -0.2) is 9.18 Å². The molecule has 1 heterocycles. The Morgan fingerprint density at radius 1 is 1.20 bits per heavy atom. The number of carbonyl (C=O) groups excluding carboxylic acids is 3. The van der Waals surface area contributed by atoms with Gasteiger partial charge in [0, 0.05) is 13.0 Å². The van der Waals surface area contributed by atoms with Crippen molar-refractivity contribution in [3.8, 4) is 5.75 Å². The molecule has 1 aromatic carbocycles. The summed E-state index contributed by atoms with van der Waals surface area (Å²) in [7, 11) is 0. The average Bonchev–Trinajstić information content (AvgIpc) is 2.75. The summed E-state index contributed by atoms with van der Waals surface area (Å²) < 4.78 is 23.0. The predicted molar refractivity (Wildman–Crippen MR) is 86.4 cm³/mol. The molecule has 0 aliphatic carbocycles. The number of nitrogens with zero attached hydrogens (tertiary/aromatic N) is 1. The van der Waals surface area contributed by atoms with Crippen LogP contribution in [0, 0.1) is 5.82 Å². The van der Waals surface area contributed by atoms with Crippen LogP contribution in [0.5, 0.6) is 5.75 Å². The van der Waals surface area contributed by atoms with E-state index in [-0.39, 0.29) is 37.9 Å². The lowest BCUT2D eigenvalue weighted by Gasteiger charge is -2.15. The highest BCUT2D eigenvalue weighted by Crippen LogP contribution is 2.17. The predicted octanol–water partition coefficient (Wildman–Crippen LogP) is 1.86. The van der Waals surface area contributed by atoms with E-state index in [1.165, 1.54) is 24.3 Å². The molecule has 0 aromatic heterocycles. The van der Waals surface area contributed by atoms with Crippen molar-refractivity contribution < 1.29 is 28.2 Å². The number of benzene rings is 1. The molecule has 3 amide bonds. The third-order valence-electron chi connectivity index (χ3n) is 3.64. The van der Waals surface area contributed by atoms with E-state index in [4.69, 9.17) is 9.47 Å². The van der Waals surface area contributed by atoms with Crippen LogP contribution in [0.15, 0.2) is 24.3 Å². The molecule has 1 fully saturated rings. The smallest absolute Gasteiger partial charge is 0.325 e. The molecule has 1 saturated heterocycles.